The second kappa shape index (κ2) is 6.17. The maximum Gasteiger partial charge on any atom is 0.399 e. The fraction of sp³-hybridized carbons (Fsp3) is 0.857. The first-order chi connectivity index (χ1) is 5.34. The average molecular weight is 202 g/mol. The number of nitrogens with one attached hydrogen (secondary N) is 1. The van der Waals surface area contributed by atoms with E-state index < -0.39 is 11.3 Å². The van der Waals surface area contributed by atoms with Crippen LogP contribution in [0.4, 0.5) is 8.78 Å². The molecule has 0 rings (SSSR count). The highest BCUT2D eigenvalue weighted by atomic mass is 35.5. The first kappa shape index (κ1) is 14.2. The fourth-order valence-corrected chi connectivity index (χ4v) is 0.399. The van der Waals surface area contributed by atoms with Crippen molar-refractivity contribution in [2.24, 2.45) is 0 Å². The molecule has 0 saturated carbocycles. The van der Waals surface area contributed by atoms with E-state index in [4.69, 9.17) is 0 Å². The average Bonchev–Trinajstić information content (AvgIpc) is 1.88. The number of alkyl halides is 3. The first-order valence-corrected chi connectivity index (χ1v) is 4.09. The first-order valence-electron chi connectivity index (χ1n) is 3.71. The summed E-state index contributed by atoms with van der Waals surface area (Å²) < 4.78 is 23.7. The van der Waals surface area contributed by atoms with E-state index in [1.54, 1.807) is 13.8 Å². The molecule has 0 radical (unpaired) electrons. The second-order valence-electron chi connectivity index (χ2n) is 2.13. The van der Waals surface area contributed by atoms with Crippen molar-refractivity contribution in [3.05, 3.63) is 0 Å². The monoisotopic (exact) mass is 201 g/mol. The molecule has 0 saturated heterocycles. The molecule has 0 atom stereocenters. The lowest BCUT2D eigenvalue weighted by molar-refractivity contribution is -0.136. The number of halogens is 3. The molecule has 0 fully saturated rings. The minimum absolute atomic E-state index is 0.322. The second-order valence-corrected chi connectivity index (χ2v) is 2.60. The molecule has 1 N–H and O–H groups in total. The third-order valence-corrected chi connectivity index (χ3v) is 0.849. The van der Waals surface area contributed by atoms with Crippen LogP contribution in [0.15, 0.2) is 0 Å². The molecule has 74 valence electrons. The third kappa shape index (κ3) is 7.72. The number of carbonyl (C=O) groups excluding carboxylic acids is 1. The van der Waals surface area contributed by atoms with E-state index in [0.29, 0.717) is 0 Å². The smallest absolute Gasteiger partial charge is 0.348 e. The minimum Gasteiger partial charge on any atom is -0.348 e. The number of amides is 1. The Bertz CT molecular complexity index is 134. The Morgan fingerprint density at radius 1 is 1.42 bits per heavy atom. The van der Waals surface area contributed by atoms with Crippen LogP contribution in [0.5, 0.6) is 0 Å². The van der Waals surface area contributed by atoms with Gasteiger partial charge in [-0.25, -0.2) is 0 Å². The number of hydrogen-bond donors (Lipinski definition) is 1. The highest BCUT2D eigenvalue weighted by molar-refractivity contribution is 6.32. The maximum absolute atomic E-state index is 11.8. The Morgan fingerprint density at radius 2 is 1.75 bits per heavy atom. The van der Waals surface area contributed by atoms with E-state index in [0.717, 1.165) is 0 Å². The van der Waals surface area contributed by atoms with Crippen molar-refractivity contribution in [3.63, 3.8) is 0 Å². The summed E-state index contributed by atoms with van der Waals surface area (Å²) in [5.74, 6) is -1.45. The molecular formula is C7H14ClF2NO. The fourth-order valence-electron chi connectivity index (χ4n) is 0.344. The Hall–Kier alpha value is -0.380. The van der Waals surface area contributed by atoms with Gasteiger partial charge < -0.3 is 5.32 Å². The summed E-state index contributed by atoms with van der Waals surface area (Å²) in [6.45, 7) is 7.14. The summed E-state index contributed by atoms with van der Waals surface area (Å²) in [6, 6.07) is -0.322. The SMILES string of the molecule is CC.CC(C)NC(=O)C(F)(F)Cl. The van der Waals surface area contributed by atoms with Crippen LogP contribution in [0, 0.1) is 0 Å². The molecular weight excluding hydrogens is 188 g/mol. The Morgan fingerprint density at radius 3 is 1.83 bits per heavy atom. The van der Waals surface area contributed by atoms with Gasteiger partial charge in [0.05, 0.1) is 0 Å². The largest absolute Gasteiger partial charge is 0.399 e. The summed E-state index contributed by atoms with van der Waals surface area (Å²) >= 11 is 4.38. The van der Waals surface area contributed by atoms with Gasteiger partial charge in [-0.3, -0.25) is 4.79 Å². The van der Waals surface area contributed by atoms with Crippen LogP contribution in [0.3, 0.4) is 0 Å². The Kier molecular flexibility index (Phi) is 7.28. The molecule has 0 unspecified atom stereocenters. The molecule has 0 aliphatic rings. The van der Waals surface area contributed by atoms with E-state index in [9.17, 15) is 13.6 Å². The topological polar surface area (TPSA) is 29.1 Å². The van der Waals surface area contributed by atoms with E-state index in [-0.39, 0.29) is 6.04 Å². The molecule has 12 heavy (non-hydrogen) atoms. The van der Waals surface area contributed by atoms with Crippen molar-refractivity contribution >= 4 is 17.5 Å². The number of rotatable bonds is 2. The van der Waals surface area contributed by atoms with Crippen molar-refractivity contribution in [1.82, 2.24) is 5.32 Å². The highest BCUT2D eigenvalue weighted by Gasteiger charge is 2.35. The predicted molar refractivity (Wildman–Crippen MR) is 45.4 cm³/mol. The van der Waals surface area contributed by atoms with Crippen LogP contribution in [0.25, 0.3) is 0 Å². The van der Waals surface area contributed by atoms with Gasteiger partial charge in [0, 0.05) is 6.04 Å². The van der Waals surface area contributed by atoms with Crippen LogP contribution >= 0.6 is 11.6 Å². The number of hydrogen-bond acceptors (Lipinski definition) is 1. The molecule has 1 amide bonds. The lowest BCUT2D eigenvalue weighted by atomic mass is 10.4. The van der Waals surface area contributed by atoms with Gasteiger partial charge >= 0.3 is 11.3 Å². The standard InChI is InChI=1S/C5H8ClF2NO.C2H6/c1-3(2)9-4(10)5(6,7)8;1-2/h3H,1-2H3,(H,9,10);1-2H3. The van der Waals surface area contributed by atoms with Crippen LogP contribution in [-0.4, -0.2) is 17.3 Å². The van der Waals surface area contributed by atoms with Gasteiger partial charge in [0.1, 0.15) is 0 Å². The van der Waals surface area contributed by atoms with E-state index in [2.05, 4.69) is 11.6 Å². The van der Waals surface area contributed by atoms with Crippen LogP contribution in [0.1, 0.15) is 27.7 Å². The van der Waals surface area contributed by atoms with Crippen molar-refractivity contribution in [2.45, 2.75) is 39.1 Å². The molecule has 0 heterocycles. The predicted octanol–water partition coefficient (Wildman–Crippen LogP) is 2.37. The van der Waals surface area contributed by atoms with Crippen LogP contribution in [0.2, 0.25) is 0 Å². The Balaban J connectivity index is 0. The van der Waals surface area contributed by atoms with Gasteiger partial charge in [0.2, 0.25) is 0 Å². The summed E-state index contributed by atoms with van der Waals surface area (Å²) in [5.41, 5.74) is 0. The van der Waals surface area contributed by atoms with Crippen LogP contribution in [-0.2, 0) is 4.79 Å². The zero-order valence-corrected chi connectivity index (χ0v) is 8.38. The zero-order chi connectivity index (χ0) is 10.4. The maximum atomic E-state index is 11.8. The molecule has 0 aliphatic heterocycles. The zero-order valence-electron chi connectivity index (χ0n) is 7.62. The van der Waals surface area contributed by atoms with Gasteiger partial charge in [-0.1, -0.05) is 13.8 Å². The summed E-state index contributed by atoms with van der Waals surface area (Å²) in [4.78, 5) is 10.3. The van der Waals surface area contributed by atoms with Gasteiger partial charge in [-0.05, 0) is 25.4 Å². The molecule has 0 bridgehead atoms. The highest BCUT2D eigenvalue weighted by Crippen LogP contribution is 2.18. The molecule has 0 aromatic heterocycles. The summed E-state index contributed by atoms with van der Waals surface area (Å²) in [5, 5.41) is -1.83. The van der Waals surface area contributed by atoms with Gasteiger partial charge in [0.15, 0.2) is 0 Å². The van der Waals surface area contributed by atoms with Crippen LogP contribution < -0.4 is 5.32 Å². The van der Waals surface area contributed by atoms with E-state index in [1.165, 1.54) is 0 Å². The van der Waals surface area contributed by atoms with Crippen molar-refractivity contribution < 1.29 is 13.6 Å². The molecule has 0 aromatic carbocycles. The number of carbonyl (C=O) groups is 1. The van der Waals surface area contributed by atoms with Gasteiger partial charge in [0.25, 0.3) is 0 Å². The van der Waals surface area contributed by atoms with Crippen molar-refractivity contribution in [2.75, 3.05) is 0 Å². The normalized spacial score (nSPS) is 10.3. The molecule has 0 spiro atoms. The molecule has 5 heteroatoms. The van der Waals surface area contributed by atoms with Gasteiger partial charge in [-0.15, -0.1) is 0 Å². The van der Waals surface area contributed by atoms with Crippen molar-refractivity contribution in [3.8, 4) is 0 Å². The molecule has 2 nitrogen and oxygen atoms in total. The van der Waals surface area contributed by atoms with Gasteiger partial charge in [-0.2, -0.15) is 8.78 Å². The van der Waals surface area contributed by atoms with Crippen molar-refractivity contribution in [1.29, 1.82) is 0 Å². The lowest BCUT2D eigenvalue weighted by Gasteiger charge is -2.10. The van der Waals surface area contributed by atoms with E-state index in [1.807, 2.05) is 19.2 Å². The Labute approximate surface area is 76.3 Å². The summed E-state index contributed by atoms with van der Waals surface area (Å²) in [6.07, 6.45) is 0. The summed E-state index contributed by atoms with van der Waals surface area (Å²) in [7, 11) is 0. The lowest BCUT2D eigenvalue weighted by Crippen LogP contribution is -2.39. The quantitative estimate of drug-likeness (QED) is 0.683. The van der Waals surface area contributed by atoms with E-state index >= 15 is 0 Å². The minimum atomic E-state index is -3.79. The third-order valence-electron chi connectivity index (χ3n) is 0.677. The molecule has 0 aliphatic carbocycles. The molecule has 0 aromatic rings.